The van der Waals surface area contributed by atoms with Gasteiger partial charge in [0, 0.05) is 13.2 Å². The molecule has 30 heavy (non-hydrogen) atoms. The quantitative estimate of drug-likeness (QED) is 0.365. The summed E-state index contributed by atoms with van der Waals surface area (Å²) in [6.07, 6.45) is 7.80. The van der Waals surface area contributed by atoms with E-state index in [1.54, 1.807) is 0 Å². The van der Waals surface area contributed by atoms with Crippen molar-refractivity contribution in [3.05, 3.63) is 29.3 Å². The van der Waals surface area contributed by atoms with Crippen LogP contribution in [0.2, 0.25) is 0 Å². The summed E-state index contributed by atoms with van der Waals surface area (Å²) in [7, 11) is 0. The molecule has 1 aliphatic heterocycles. The Hall–Kier alpha value is -2.12. The molecule has 0 aliphatic carbocycles. The number of benzene rings is 1. The third-order valence-electron chi connectivity index (χ3n) is 4.88. The summed E-state index contributed by atoms with van der Waals surface area (Å²) in [5.74, 6) is -2.07. The molecule has 0 saturated carbocycles. The second-order valence-corrected chi connectivity index (χ2v) is 7.91. The third-order valence-corrected chi connectivity index (χ3v) is 4.88. The molecule has 1 fully saturated rings. The minimum Gasteiger partial charge on any atom is -0.493 e. The lowest BCUT2D eigenvalue weighted by Gasteiger charge is -2.15. The molecule has 0 amide bonds. The summed E-state index contributed by atoms with van der Waals surface area (Å²) < 4.78 is 11.7. The Labute approximate surface area is 179 Å². The highest BCUT2D eigenvalue weighted by atomic mass is 16.5. The molecule has 0 radical (unpaired) electrons. The first-order valence-corrected chi connectivity index (χ1v) is 10.8. The highest BCUT2D eigenvalue weighted by Crippen LogP contribution is 2.27. The molecule has 1 unspecified atom stereocenters. The first-order valence-electron chi connectivity index (χ1n) is 10.8. The SMILES string of the molecule is Cc1ccc(C(C)C)c(OCCCCCCNCC2CCCO2)c1.O=C(O)C(=O)O. The highest BCUT2D eigenvalue weighted by Gasteiger charge is 2.14. The minimum atomic E-state index is -1.82. The molecule has 0 bridgehead atoms. The number of unbranched alkanes of at least 4 members (excludes halogenated alkanes) is 3. The van der Waals surface area contributed by atoms with Gasteiger partial charge in [0.15, 0.2) is 0 Å². The van der Waals surface area contributed by atoms with E-state index in [1.165, 1.54) is 43.2 Å². The fourth-order valence-electron chi connectivity index (χ4n) is 3.20. The Morgan fingerprint density at radius 1 is 1.17 bits per heavy atom. The van der Waals surface area contributed by atoms with Gasteiger partial charge in [-0.05, 0) is 62.3 Å². The number of hydrogen-bond acceptors (Lipinski definition) is 5. The van der Waals surface area contributed by atoms with E-state index < -0.39 is 11.9 Å². The molecular weight excluding hydrogens is 386 g/mol. The van der Waals surface area contributed by atoms with Gasteiger partial charge in [-0.1, -0.05) is 38.8 Å². The zero-order valence-electron chi connectivity index (χ0n) is 18.5. The van der Waals surface area contributed by atoms with E-state index in [1.807, 2.05) is 0 Å². The predicted octanol–water partition coefficient (Wildman–Crippen LogP) is 3.98. The molecule has 0 spiro atoms. The van der Waals surface area contributed by atoms with E-state index in [9.17, 15) is 0 Å². The number of aryl methyl sites for hydroxylation is 1. The van der Waals surface area contributed by atoms with E-state index in [0.717, 1.165) is 38.5 Å². The van der Waals surface area contributed by atoms with Crippen LogP contribution in [0.5, 0.6) is 5.75 Å². The number of carbonyl (C=O) groups is 2. The minimum absolute atomic E-state index is 0.461. The van der Waals surface area contributed by atoms with E-state index in [0.29, 0.717) is 12.0 Å². The maximum Gasteiger partial charge on any atom is 0.414 e. The van der Waals surface area contributed by atoms with Crippen LogP contribution in [0, 0.1) is 6.92 Å². The summed E-state index contributed by atoms with van der Waals surface area (Å²) in [5, 5.41) is 18.3. The Bertz CT molecular complexity index is 629. The number of hydrogen-bond donors (Lipinski definition) is 3. The van der Waals surface area contributed by atoms with Crippen molar-refractivity contribution in [3.8, 4) is 5.75 Å². The highest BCUT2D eigenvalue weighted by molar-refractivity contribution is 6.27. The third kappa shape index (κ3) is 11.2. The van der Waals surface area contributed by atoms with Crippen molar-refractivity contribution in [3.63, 3.8) is 0 Å². The predicted molar refractivity (Wildman–Crippen MR) is 116 cm³/mol. The number of nitrogens with one attached hydrogen (secondary N) is 1. The molecule has 0 aromatic heterocycles. The zero-order chi connectivity index (χ0) is 22.4. The van der Waals surface area contributed by atoms with Gasteiger partial charge in [-0.3, -0.25) is 0 Å². The van der Waals surface area contributed by atoms with Gasteiger partial charge in [-0.2, -0.15) is 0 Å². The van der Waals surface area contributed by atoms with Crippen molar-refractivity contribution in [1.82, 2.24) is 5.32 Å². The molecule has 3 N–H and O–H groups in total. The van der Waals surface area contributed by atoms with Crippen molar-refractivity contribution in [2.45, 2.75) is 71.3 Å². The van der Waals surface area contributed by atoms with Crippen LogP contribution < -0.4 is 10.1 Å². The first kappa shape index (κ1) is 25.9. The Kier molecular flexibility index (Phi) is 12.8. The van der Waals surface area contributed by atoms with Crippen molar-refractivity contribution < 1.29 is 29.3 Å². The van der Waals surface area contributed by atoms with Crippen LogP contribution in [-0.2, 0) is 14.3 Å². The van der Waals surface area contributed by atoms with Gasteiger partial charge in [0.25, 0.3) is 0 Å². The van der Waals surface area contributed by atoms with Crippen LogP contribution in [0.1, 0.15) is 69.4 Å². The van der Waals surface area contributed by atoms with Crippen LogP contribution in [0.25, 0.3) is 0 Å². The summed E-state index contributed by atoms with van der Waals surface area (Å²) in [6.45, 7) is 10.5. The normalized spacial score (nSPS) is 15.5. The van der Waals surface area contributed by atoms with Gasteiger partial charge < -0.3 is 25.0 Å². The van der Waals surface area contributed by atoms with Crippen molar-refractivity contribution in [2.75, 3.05) is 26.3 Å². The average Bonchev–Trinajstić information content (AvgIpc) is 3.20. The molecule has 1 aromatic carbocycles. The van der Waals surface area contributed by atoms with Crippen LogP contribution in [0.4, 0.5) is 0 Å². The van der Waals surface area contributed by atoms with Gasteiger partial charge in [-0.25, -0.2) is 9.59 Å². The lowest BCUT2D eigenvalue weighted by atomic mass is 10.0. The van der Waals surface area contributed by atoms with E-state index in [-0.39, 0.29) is 0 Å². The molecule has 1 atom stereocenters. The molecule has 1 saturated heterocycles. The number of aliphatic carboxylic acids is 2. The Balaban J connectivity index is 0.000000656. The molecule has 1 aliphatic rings. The summed E-state index contributed by atoms with van der Waals surface area (Å²) in [6, 6.07) is 6.55. The van der Waals surface area contributed by atoms with E-state index >= 15 is 0 Å². The van der Waals surface area contributed by atoms with Crippen LogP contribution in [0.15, 0.2) is 18.2 Å². The molecule has 170 valence electrons. The standard InChI is InChI=1S/C21H35NO2.C2H2O4/c1-17(2)20-11-10-18(3)15-21(20)24-13-7-5-4-6-12-22-16-19-9-8-14-23-19;3-1(4)2(5)6/h10-11,15,17,19,22H,4-9,12-14,16H2,1-3H3;(H,3,4)(H,5,6). The fraction of sp³-hybridized carbons (Fsp3) is 0.652. The van der Waals surface area contributed by atoms with Gasteiger partial charge in [-0.15, -0.1) is 0 Å². The molecular formula is C23H37NO6. The monoisotopic (exact) mass is 423 g/mol. The molecule has 1 aromatic rings. The fourth-order valence-corrected chi connectivity index (χ4v) is 3.20. The topological polar surface area (TPSA) is 105 Å². The van der Waals surface area contributed by atoms with Gasteiger partial charge >= 0.3 is 11.9 Å². The van der Waals surface area contributed by atoms with Gasteiger partial charge in [0.2, 0.25) is 0 Å². The first-order chi connectivity index (χ1) is 14.3. The summed E-state index contributed by atoms with van der Waals surface area (Å²) in [5.41, 5.74) is 2.59. The Morgan fingerprint density at radius 3 is 2.47 bits per heavy atom. The molecule has 7 nitrogen and oxygen atoms in total. The molecule has 1 heterocycles. The Morgan fingerprint density at radius 2 is 1.87 bits per heavy atom. The maximum atomic E-state index is 9.10. The molecule has 7 heteroatoms. The van der Waals surface area contributed by atoms with Gasteiger partial charge in [0.05, 0.1) is 12.7 Å². The lowest BCUT2D eigenvalue weighted by Crippen LogP contribution is -2.26. The second kappa shape index (κ2) is 14.8. The smallest absolute Gasteiger partial charge is 0.414 e. The average molecular weight is 424 g/mol. The van der Waals surface area contributed by atoms with E-state index in [4.69, 9.17) is 29.3 Å². The van der Waals surface area contributed by atoms with Crippen LogP contribution in [0.3, 0.4) is 0 Å². The zero-order valence-corrected chi connectivity index (χ0v) is 18.5. The lowest BCUT2D eigenvalue weighted by molar-refractivity contribution is -0.159. The van der Waals surface area contributed by atoms with Crippen molar-refractivity contribution >= 4 is 11.9 Å². The van der Waals surface area contributed by atoms with Crippen molar-refractivity contribution in [2.24, 2.45) is 0 Å². The maximum absolute atomic E-state index is 9.10. The number of ether oxygens (including phenoxy) is 2. The second-order valence-electron chi connectivity index (χ2n) is 7.91. The summed E-state index contributed by atoms with van der Waals surface area (Å²) in [4.78, 5) is 18.2. The number of rotatable bonds is 11. The molecule has 2 rings (SSSR count). The largest absolute Gasteiger partial charge is 0.493 e. The van der Waals surface area contributed by atoms with Crippen molar-refractivity contribution in [1.29, 1.82) is 0 Å². The van der Waals surface area contributed by atoms with Crippen LogP contribution in [-0.4, -0.2) is 54.6 Å². The summed E-state index contributed by atoms with van der Waals surface area (Å²) >= 11 is 0. The number of carboxylic acid groups (broad SMARTS) is 2. The van der Waals surface area contributed by atoms with Crippen LogP contribution >= 0.6 is 0 Å². The van der Waals surface area contributed by atoms with Gasteiger partial charge in [0.1, 0.15) is 5.75 Å². The number of carboxylic acids is 2. The van der Waals surface area contributed by atoms with E-state index in [2.05, 4.69) is 44.3 Å².